The molecular formula is C21H22FNO5. The van der Waals surface area contributed by atoms with Crippen molar-refractivity contribution in [2.75, 3.05) is 19.5 Å². The van der Waals surface area contributed by atoms with E-state index in [-0.39, 0.29) is 28.7 Å². The molecule has 3 rings (SSSR count). The van der Waals surface area contributed by atoms with Gasteiger partial charge < -0.3 is 19.5 Å². The molecule has 0 spiro atoms. The maximum Gasteiger partial charge on any atom is 0.339 e. The van der Waals surface area contributed by atoms with Gasteiger partial charge in [-0.3, -0.25) is 4.79 Å². The number of hydrogen-bond acceptors (Lipinski definition) is 5. The van der Waals surface area contributed by atoms with E-state index in [1.165, 1.54) is 26.4 Å². The number of methoxy groups -OCH3 is 2. The molecule has 0 saturated heterocycles. The summed E-state index contributed by atoms with van der Waals surface area (Å²) in [5.74, 6) is -1.49. The first-order valence-electron chi connectivity index (χ1n) is 9.06. The largest absolute Gasteiger partial charge is 0.493 e. The number of ether oxygens (including phenoxy) is 3. The second kappa shape index (κ2) is 8.73. The smallest absolute Gasteiger partial charge is 0.339 e. The molecule has 2 aromatic rings. The molecule has 2 aromatic carbocycles. The van der Waals surface area contributed by atoms with E-state index in [1.807, 2.05) is 0 Å². The van der Waals surface area contributed by atoms with Crippen LogP contribution in [0.4, 0.5) is 10.1 Å². The molecule has 0 atom stereocenters. The fraction of sp³-hybridized carbons (Fsp3) is 0.333. The fourth-order valence-corrected chi connectivity index (χ4v) is 3.22. The van der Waals surface area contributed by atoms with Crippen LogP contribution in [0.1, 0.15) is 46.4 Å². The molecule has 0 unspecified atom stereocenters. The number of nitrogens with one attached hydrogen (secondary N) is 1. The number of amides is 1. The highest BCUT2D eigenvalue weighted by Gasteiger charge is 2.23. The highest BCUT2D eigenvalue weighted by Crippen LogP contribution is 2.34. The lowest BCUT2D eigenvalue weighted by Crippen LogP contribution is -2.18. The Kier molecular flexibility index (Phi) is 6.13. The second-order valence-corrected chi connectivity index (χ2v) is 6.50. The van der Waals surface area contributed by atoms with Crippen LogP contribution in [0.15, 0.2) is 36.4 Å². The van der Waals surface area contributed by atoms with Gasteiger partial charge in [-0.15, -0.1) is 0 Å². The van der Waals surface area contributed by atoms with Crippen molar-refractivity contribution < 1.29 is 28.2 Å². The van der Waals surface area contributed by atoms with Crippen molar-refractivity contribution in [3.8, 4) is 11.5 Å². The van der Waals surface area contributed by atoms with Gasteiger partial charge in [0.15, 0.2) is 11.5 Å². The molecule has 1 fully saturated rings. The third-order valence-electron chi connectivity index (χ3n) is 4.67. The predicted octanol–water partition coefficient (Wildman–Crippen LogP) is 4.19. The molecule has 1 aliphatic carbocycles. The van der Waals surface area contributed by atoms with Gasteiger partial charge in [0, 0.05) is 6.07 Å². The van der Waals surface area contributed by atoms with E-state index in [4.69, 9.17) is 14.2 Å². The van der Waals surface area contributed by atoms with Crippen molar-refractivity contribution in [1.82, 2.24) is 0 Å². The summed E-state index contributed by atoms with van der Waals surface area (Å²) in [6.45, 7) is 0. The van der Waals surface area contributed by atoms with Crippen LogP contribution in [-0.4, -0.2) is 32.2 Å². The standard InChI is InChI=1S/C21H22FNO5/c1-26-18-12-16(22)15(11-19(18)28-13-7-3-4-8-13)20(24)23-17-10-6-5-9-14(17)21(25)27-2/h5-6,9-13H,3-4,7-8H2,1-2H3,(H,23,24). The lowest BCUT2D eigenvalue weighted by molar-refractivity contribution is 0.0602. The lowest BCUT2D eigenvalue weighted by Gasteiger charge is -2.17. The zero-order valence-electron chi connectivity index (χ0n) is 15.8. The van der Waals surface area contributed by atoms with Crippen LogP contribution < -0.4 is 14.8 Å². The number of hydrogen-bond donors (Lipinski definition) is 1. The Morgan fingerprint density at radius 1 is 1.04 bits per heavy atom. The molecule has 0 aromatic heterocycles. The quantitative estimate of drug-likeness (QED) is 0.752. The van der Waals surface area contributed by atoms with Gasteiger partial charge in [-0.2, -0.15) is 0 Å². The summed E-state index contributed by atoms with van der Waals surface area (Å²) >= 11 is 0. The average molecular weight is 387 g/mol. The molecule has 1 saturated carbocycles. The molecular weight excluding hydrogens is 365 g/mol. The minimum Gasteiger partial charge on any atom is -0.493 e. The maximum absolute atomic E-state index is 14.5. The van der Waals surface area contributed by atoms with Gasteiger partial charge in [0.05, 0.1) is 37.1 Å². The zero-order chi connectivity index (χ0) is 20.1. The van der Waals surface area contributed by atoms with E-state index >= 15 is 0 Å². The number of anilines is 1. The van der Waals surface area contributed by atoms with Gasteiger partial charge in [-0.05, 0) is 43.9 Å². The first-order valence-corrected chi connectivity index (χ1v) is 9.06. The SMILES string of the molecule is COC(=O)c1ccccc1NC(=O)c1cc(OC2CCCC2)c(OC)cc1F. The van der Waals surface area contributed by atoms with Crippen LogP contribution in [0.2, 0.25) is 0 Å². The Hall–Kier alpha value is -3.09. The summed E-state index contributed by atoms with van der Waals surface area (Å²) < 4.78 is 30.4. The van der Waals surface area contributed by atoms with Crippen molar-refractivity contribution in [3.05, 3.63) is 53.3 Å². The zero-order valence-corrected chi connectivity index (χ0v) is 15.8. The molecule has 0 radical (unpaired) electrons. The monoisotopic (exact) mass is 387 g/mol. The van der Waals surface area contributed by atoms with Gasteiger partial charge in [-0.25, -0.2) is 9.18 Å². The van der Waals surface area contributed by atoms with E-state index in [0.717, 1.165) is 31.7 Å². The molecule has 28 heavy (non-hydrogen) atoms. The predicted molar refractivity (Wildman–Crippen MR) is 102 cm³/mol. The van der Waals surface area contributed by atoms with Gasteiger partial charge in [0.1, 0.15) is 5.82 Å². The molecule has 7 heteroatoms. The van der Waals surface area contributed by atoms with Crippen LogP contribution in [-0.2, 0) is 4.74 Å². The summed E-state index contributed by atoms with van der Waals surface area (Å²) in [6, 6.07) is 8.82. The van der Waals surface area contributed by atoms with E-state index < -0.39 is 17.7 Å². The van der Waals surface area contributed by atoms with Crippen LogP contribution >= 0.6 is 0 Å². The Morgan fingerprint density at radius 3 is 2.43 bits per heavy atom. The summed E-state index contributed by atoms with van der Waals surface area (Å²) in [4.78, 5) is 24.6. The fourth-order valence-electron chi connectivity index (χ4n) is 3.22. The Bertz CT molecular complexity index is 877. The van der Waals surface area contributed by atoms with Crippen molar-refractivity contribution >= 4 is 17.6 Å². The number of carbonyl (C=O) groups is 2. The number of benzene rings is 2. The second-order valence-electron chi connectivity index (χ2n) is 6.50. The molecule has 1 aliphatic rings. The summed E-state index contributed by atoms with van der Waals surface area (Å²) in [7, 11) is 2.67. The number of carbonyl (C=O) groups excluding carboxylic acids is 2. The van der Waals surface area contributed by atoms with Gasteiger partial charge >= 0.3 is 5.97 Å². The minimum absolute atomic E-state index is 0.0234. The molecule has 0 aliphatic heterocycles. The van der Waals surface area contributed by atoms with Gasteiger partial charge in [0.2, 0.25) is 0 Å². The Morgan fingerprint density at radius 2 is 1.75 bits per heavy atom. The Labute approximate surface area is 162 Å². The normalized spacial score (nSPS) is 13.8. The first-order chi connectivity index (χ1) is 13.5. The van der Waals surface area contributed by atoms with Crippen molar-refractivity contribution in [2.24, 2.45) is 0 Å². The number of esters is 1. The molecule has 0 heterocycles. The number of rotatable bonds is 6. The topological polar surface area (TPSA) is 73.9 Å². The average Bonchev–Trinajstić information content (AvgIpc) is 3.21. The molecule has 6 nitrogen and oxygen atoms in total. The lowest BCUT2D eigenvalue weighted by atomic mass is 10.1. The highest BCUT2D eigenvalue weighted by molar-refractivity contribution is 6.08. The highest BCUT2D eigenvalue weighted by atomic mass is 19.1. The van der Waals surface area contributed by atoms with Crippen molar-refractivity contribution in [1.29, 1.82) is 0 Å². The Balaban J connectivity index is 1.88. The van der Waals surface area contributed by atoms with Crippen LogP contribution in [0.5, 0.6) is 11.5 Å². The summed E-state index contributed by atoms with van der Waals surface area (Å²) in [6.07, 6.45) is 4.00. The van der Waals surface area contributed by atoms with Crippen molar-refractivity contribution in [3.63, 3.8) is 0 Å². The molecule has 148 valence electrons. The third-order valence-corrected chi connectivity index (χ3v) is 4.67. The maximum atomic E-state index is 14.5. The third kappa shape index (κ3) is 4.24. The number of para-hydroxylation sites is 1. The van der Waals surface area contributed by atoms with Crippen LogP contribution in [0, 0.1) is 5.82 Å². The molecule has 1 amide bonds. The van der Waals surface area contributed by atoms with E-state index in [1.54, 1.807) is 18.2 Å². The van der Waals surface area contributed by atoms with E-state index in [0.29, 0.717) is 5.75 Å². The van der Waals surface area contributed by atoms with Crippen molar-refractivity contribution in [2.45, 2.75) is 31.8 Å². The molecule has 0 bridgehead atoms. The summed E-state index contributed by atoms with van der Waals surface area (Å²) in [5.41, 5.74) is 0.205. The van der Waals surface area contributed by atoms with E-state index in [9.17, 15) is 14.0 Å². The first kappa shape index (κ1) is 19.7. The van der Waals surface area contributed by atoms with Gasteiger partial charge in [0.25, 0.3) is 5.91 Å². The van der Waals surface area contributed by atoms with Crippen LogP contribution in [0.3, 0.4) is 0 Å². The summed E-state index contributed by atoms with van der Waals surface area (Å²) in [5, 5.41) is 2.57. The molecule has 1 N–H and O–H groups in total. The number of halogens is 1. The van der Waals surface area contributed by atoms with Crippen LogP contribution in [0.25, 0.3) is 0 Å². The minimum atomic E-state index is -0.747. The van der Waals surface area contributed by atoms with E-state index in [2.05, 4.69) is 5.32 Å². The van der Waals surface area contributed by atoms with Gasteiger partial charge in [-0.1, -0.05) is 12.1 Å².